The van der Waals surface area contributed by atoms with Crippen molar-refractivity contribution in [1.82, 2.24) is 15.0 Å². The van der Waals surface area contributed by atoms with Crippen LogP contribution in [0.3, 0.4) is 0 Å². The van der Waals surface area contributed by atoms with Crippen LogP contribution in [0.5, 0.6) is 5.75 Å². The number of pyridine rings is 1. The fourth-order valence-electron chi connectivity index (χ4n) is 4.38. The van der Waals surface area contributed by atoms with E-state index in [-0.39, 0.29) is 0 Å². The van der Waals surface area contributed by atoms with E-state index in [1.54, 1.807) is 12.4 Å². The molecular weight excluding hydrogens is 509 g/mol. The maximum absolute atomic E-state index is 13.6. The smallest absolute Gasteiger partial charge is 0.416 e. The van der Waals surface area contributed by atoms with Gasteiger partial charge in [0, 0.05) is 40.5 Å². The minimum atomic E-state index is -4.48. The summed E-state index contributed by atoms with van der Waals surface area (Å²) in [7, 11) is 1.45. The van der Waals surface area contributed by atoms with Crippen LogP contribution in [0.4, 0.5) is 19.0 Å². The standard InChI is InChI=1S/C29H25F3N4OS/c1-18-24(22-17-21(29(30,31)32)10-11-23(22)37-2)25-26(38-18)28(34-14-6-9-19-7-4-3-5-8-19)36-27(35-25)20-12-15-33-16-13-20/h3-5,7-8,10-13,15-17H,6,9,14H2,1-2H3,(H,34,35,36). The first-order chi connectivity index (χ1) is 18.3. The number of alkyl halides is 3. The van der Waals surface area contributed by atoms with Gasteiger partial charge in [-0.05, 0) is 55.7 Å². The van der Waals surface area contributed by atoms with Crippen molar-refractivity contribution in [3.63, 3.8) is 0 Å². The van der Waals surface area contributed by atoms with E-state index in [2.05, 4.69) is 22.4 Å². The molecule has 0 spiro atoms. The number of aryl methyl sites for hydroxylation is 2. The summed E-state index contributed by atoms with van der Waals surface area (Å²) in [4.78, 5) is 14.6. The molecule has 5 rings (SSSR count). The number of nitrogens with one attached hydrogen (secondary N) is 1. The van der Waals surface area contributed by atoms with Crippen LogP contribution in [0.2, 0.25) is 0 Å². The number of anilines is 1. The Morgan fingerprint density at radius 1 is 0.974 bits per heavy atom. The molecule has 0 saturated carbocycles. The second-order valence-electron chi connectivity index (χ2n) is 8.77. The summed E-state index contributed by atoms with van der Waals surface area (Å²) in [5, 5.41) is 3.46. The molecule has 0 unspecified atom stereocenters. The minimum Gasteiger partial charge on any atom is -0.496 e. The van der Waals surface area contributed by atoms with Gasteiger partial charge in [0.05, 0.1) is 22.9 Å². The largest absolute Gasteiger partial charge is 0.496 e. The molecular formula is C29H25F3N4OS. The van der Waals surface area contributed by atoms with Crippen LogP contribution < -0.4 is 10.1 Å². The van der Waals surface area contributed by atoms with Crippen molar-refractivity contribution < 1.29 is 17.9 Å². The molecule has 0 radical (unpaired) electrons. The van der Waals surface area contributed by atoms with Crippen molar-refractivity contribution in [3.05, 3.63) is 89.1 Å². The number of fused-ring (bicyclic) bond motifs is 1. The van der Waals surface area contributed by atoms with Crippen LogP contribution in [0.15, 0.2) is 73.1 Å². The van der Waals surface area contributed by atoms with Crippen LogP contribution in [-0.4, -0.2) is 28.6 Å². The summed E-state index contributed by atoms with van der Waals surface area (Å²) < 4.78 is 47.1. The number of hydrogen-bond donors (Lipinski definition) is 1. The molecule has 0 saturated heterocycles. The number of nitrogens with zero attached hydrogens (tertiary/aromatic N) is 3. The SMILES string of the molecule is COc1ccc(C(F)(F)F)cc1-c1c(C)sc2c(NCCCc3ccccc3)nc(-c3ccncc3)nc12. The van der Waals surface area contributed by atoms with Crippen LogP contribution in [0.25, 0.3) is 32.7 Å². The summed E-state index contributed by atoms with van der Waals surface area (Å²) in [6, 6.07) is 17.4. The van der Waals surface area contributed by atoms with E-state index in [9.17, 15) is 13.2 Å². The monoisotopic (exact) mass is 534 g/mol. The third-order valence-electron chi connectivity index (χ3n) is 6.22. The zero-order chi connectivity index (χ0) is 26.7. The molecule has 2 aromatic carbocycles. The topological polar surface area (TPSA) is 59.9 Å². The summed E-state index contributed by atoms with van der Waals surface area (Å²) in [6.07, 6.45) is 0.633. The summed E-state index contributed by atoms with van der Waals surface area (Å²) >= 11 is 1.45. The molecule has 5 nitrogen and oxygen atoms in total. The van der Waals surface area contributed by atoms with Gasteiger partial charge in [0.2, 0.25) is 0 Å². The molecule has 3 heterocycles. The second kappa shape index (κ2) is 10.8. The van der Waals surface area contributed by atoms with E-state index in [0.717, 1.165) is 40.1 Å². The van der Waals surface area contributed by atoms with Gasteiger partial charge < -0.3 is 10.1 Å². The number of aromatic nitrogens is 3. The lowest BCUT2D eigenvalue weighted by Crippen LogP contribution is -2.06. The number of ether oxygens (including phenoxy) is 1. The first-order valence-electron chi connectivity index (χ1n) is 12.1. The Morgan fingerprint density at radius 3 is 2.45 bits per heavy atom. The third-order valence-corrected chi connectivity index (χ3v) is 7.32. The molecule has 0 aliphatic heterocycles. The van der Waals surface area contributed by atoms with Crippen LogP contribution in [-0.2, 0) is 12.6 Å². The number of thiophene rings is 1. The highest BCUT2D eigenvalue weighted by Gasteiger charge is 2.32. The van der Waals surface area contributed by atoms with Gasteiger partial charge >= 0.3 is 6.18 Å². The highest BCUT2D eigenvalue weighted by atomic mass is 32.1. The van der Waals surface area contributed by atoms with Gasteiger partial charge in [0.25, 0.3) is 0 Å². The third kappa shape index (κ3) is 5.33. The summed E-state index contributed by atoms with van der Waals surface area (Å²) in [5.74, 6) is 1.47. The quantitative estimate of drug-likeness (QED) is 0.206. The van der Waals surface area contributed by atoms with Crippen molar-refractivity contribution >= 4 is 27.4 Å². The molecule has 5 aromatic rings. The average molecular weight is 535 g/mol. The molecule has 0 aliphatic rings. The maximum atomic E-state index is 13.6. The lowest BCUT2D eigenvalue weighted by Gasteiger charge is -2.14. The van der Waals surface area contributed by atoms with E-state index < -0.39 is 11.7 Å². The Labute approximate surface area is 222 Å². The predicted molar refractivity (Wildman–Crippen MR) is 146 cm³/mol. The lowest BCUT2D eigenvalue weighted by molar-refractivity contribution is -0.137. The number of rotatable bonds is 8. The highest BCUT2D eigenvalue weighted by molar-refractivity contribution is 7.20. The zero-order valence-corrected chi connectivity index (χ0v) is 21.7. The normalized spacial score (nSPS) is 11.6. The van der Waals surface area contributed by atoms with Gasteiger partial charge in [-0.25, -0.2) is 9.97 Å². The van der Waals surface area contributed by atoms with Crippen molar-refractivity contribution in [2.45, 2.75) is 25.9 Å². The molecule has 3 aromatic heterocycles. The number of halogens is 3. The van der Waals surface area contributed by atoms with Gasteiger partial charge in [0.15, 0.2) is 5.82 Å². The molecule has 1 N–H and O–H groups in total. The second-order valence-corrected chi connectivity index (χ2v) is 10.00. The Balaban J connectivity index is 1.60. The molecule has 38 heavy (non-hydrogen) atoms. The van der Waals surface area contributed by atoms with Gasteiger partial charge in [-0.2, -0.15) is 13.2 Å². The van der Waals surface area contributed by atoms with E-state index in [4.69, 9.17) is 14.7 Å². The summed E-state index contributed by atoms with van der Waals surface area (Å²) in [5.41, 5.74) is 2.82. The molecule has 0 atom stereocenters. The van der Waals surface area contributed by atoms with Crippen molar-refractivity contribution in [3.8, 4) is 28.3 Å². The van der Waals surface area contributed by atoms with E-state index in [1.807, 2.05) is 37.3 Å². The van der Waals surface area contributed by atoms with Crippen molar-refractivity contribution in [2.24, 2.45) is 0 Å². The first-order valence-corrected chi connectivity index (χ1v) is 12.9. The molecule has 0 fully saturated rings. The zero-order valence-electron chi connectivity index (χ0n) is 20.8. The molecule has 0 aliphatic carbocycles. The Morgan fingerprint density at radius 2 is 1.74 bits per heavy atom. The van der Waals surface area contributed by atoms with Gasteiger partial charge in [-0.1, -0.05) is 30.3 Å². The van der Waals surface area contributed by atoms with E-state index in [0.29, 0.717) is 40.6 Å². The Bertz CT molecular complexity index is 1550. The summed E-state index contributed by atoms with van der Waals surface area (Å²) in [6.45, 7) is 2.56. The van der Waals surface area contributed by atoms with Crippen LogP contribution in [0, 0.1) is 6.92 Å². The van der Waals surface area contributed by atoms with Gasteiger partial charge in [-0.15, -0.1) is 11.3 Å². The van der Waals surface area contributed by atoms with Crippen LogP contribution >= 0.6 is 11.3 Å². The van der Waals surface area contributed by atoms with E-state index in [1.165, 1.54) is 30.1 Å². The molecule has 0 bridgehead atoms. The fourth-order valence-corrected chi connectivity index (χ4v) is 5.45. The Kier molecular flexibility index (Phi) is 7.28. The number of benzene rings is 2. The highest BCUT2D eigenvalue weighted by Crippen LogP contribution is 2.45. The molecule has 9 heteroatoms. The fraction of sp³-hybridized carbons (Fsp3) is 0.207. The predicted octanol–water partition coefficient (Wildman–Crippen LogP) is 7.80. The maximum Gasteiger partial charge on any atom is 0.416 e. The van der Waals surface area contributed by atoms with Crippen LogP contribution in [0.1, 0.15) is 22.4 Å². The van der Waals surface area contributed by atoms with Gasteiger partial charge in [-0.3, -0.25) is 4.98 Å². The minimum absolute atomic E-state index is 0.348. The van der Waals surface area contributed by atoms with E-state index >= 15 is 0 Å². The van der Waals surface area contributed by atoms with Crippen molar-refractivity contribution in [2.75, 3.05) is 19.0 Å². The number of hydrogen-bond acceptors (Lipinski definition) is 6. The molecule has 194 valence electrons. The average Bonchev–Trinajstić information content (AvgIpc) is 3.26. The van der Waals surface area contributed by atoms with Gasteiger partial charge in [0.1, 0.15) is 11.6 Å². The molecule has 0 amide bonds. The van der Waals surface area contributed by atoms with Crippen molar-refractivity contribution in [1.29, 1.82) is 0 Å². The first kappa shape index (κ1) is 25.7. The lowest BCUT2D eigenvalue weighted by atomic mass is 10.0. The number of methoxy groups -OCH3 is 1. The Hall–Kier alpha value is -3.98.